The first-order chi connectivity index (χ1) is 11.9. The van der Waals surface area contributed by atoms with Gasteiger partial charge in [0.15, 0.2) is 0 Å². The molecule has 0 radical (unpaired) electrons. The Hall–Kier alpha value is -1.86. The van der Waals surface area contributed by atoms with Gasteiger partial charge >= 0.3 is 12.3 Å². The van der Waals surface area contributed by atoms with Crippen molar-refractivity contribution in [2.45, 2.75) is 25.2 Å². The van der Waals surface area contributed by atoms with Crippen LogP contribution < -0.4 is 9.04 Å². The van der Waals surface area contributed by atoms with E-state index < -0.39 is 56.5 Å². The fraction of sp³-hybridized carbons (Fsp3) is 0.462. The molecule has 1 saturated heterocycles. The lowest BCUT2D eigenvalue weighted by Gasteiger charge is -2.37. The highest BCUT2D eigenvalue weighted by molar-refractivity contribution is 7.91. The fourth-order valence-electron chi connectivity index (χ4n) is 2.58. The molecule has 0 spiro atoms. The number of nitrogens with zero attached hydrogens (tertiary/aromatic N) is 1. The molecular formula is C13H13F3NO7S2-. The van der Waals surface area contributed by atoms with Crippen LogP contribution >= 0.6 is 0 Å². The first kappa shape index (κ1) is 20.5. The monoisotopic (exact) mass is 416 g/mol. The molecule has 0 bridgehead atoms. The molecule has 1 fully saturated rings. The Morgan fingerprint density at radius 1 is 1.31 bits per heavy atom. The Labute approximate surface area is 148 Å². The molecule has 1 N–H and O–H groups in total. The molecular weight excluding hydrogens is 403 g/mol. The van der Waals surface area contributed by atoms with E-state index in [1.165, 1.54) is 0 Å². The number of carboxylic acids is 1. The second-order valence-electron chi connectivity index (χ2n) is 5.46. The molecule has 26 heavy (non-hydrogen) atoms. The van der Waals surface area contributed by atoms with Gasteiger partial charge in [-0.3, -0.25) is 8.51 Å². The number of sulfone groups is 1. The maximum absolute atomic E-state index is 12.4. The summed E-state index contributed by atoms with van der Waals surface area (Å²) in [5.41, 5.74) is -1.09. The van der Waals surface area contributed by atoms with Gasteiger partial charge in [-0.1, -0.05) is 0 Å². The minimum Gasteiger partial charge on any atom is -0.755 e. The van der Waals surface area contributed by atoms with Gasteiger partial charge in [-0.05, 0) is 25.0 Å². The number of ether oxygens (including phenoxy) is 1. The zero-order chi connectivity index (χ0) is 19.7. The van der Waals surface area contributed by atoms with E-state index in [9.17, 15) is 40.3 Å². The minimum absolute atomic E-state index is 0.111. The number of carboxylic acid groups (broad SMARTS) is 1. The molecule has 1 heterocycles. The van der Waals surface area contributed by atoms with E-state index >= 15 is 0 Å². The topological polar surface area (TPSA) is 124 Å². The summed E-state index contributed by atoms with van der Waals surface area (Å²) in [7, 11) is -3.33. The van der Waals surface area contributed by atoms with Crippen molar-refractivity contribution in [1.29, 1.82) is 0 Å². The van der Waals surface area contributed by atoms with Crippen LogP contribution in [0.5, 0.6) is 5.75 Å². The van der Waals surface area contributed by atoms with E-state index in [4.69, 9.17) is 0 Å². The molecule has 8 nitrogen and oxygen atoms in total. The standard InChI is InChI=1S/C13H14F3NO7S2/c14-13(15,16)24-9-1-2-10(12(18)19)11(7-9)17(25(20)21)8-3-5-26(22,23)6-4-8/h1-2,7-8H,3-6H2,(H,18,19)(H,20,21)/p-1. The van der Waals surface area contributed by atoms with Crippen molar-refractivity contribution < 1.29 is 45.0 Å². The number of hydrogen-bond donors (Lipinski definition) is 1. The van der Waals surface area contributed by atoms with E-state index in [0.29, 0.717) is 10.4 Å². The van der Waals surface area contributed by atoms with Gasteiger partial charge in [0.05, 0.1) is 22.8 Å². The average Bonchev–Trinajstić information content (AvgIpc) is 2.47. The molecule has 1 aromatic carbocycles. The van der Waals surface area contributed by atoms with Crippen LogP contribution in [0, 0.1) is 0 Å². The van der Waals surface area contributed by atoms with Gasteiger partial charge in [-0.15, -0.1) is 13.2 Å². The number of benzene rings is 1. The molecule has 0 aromatic heterocycles. The van der Waals surface area contributed by atoms with E-state index in [0.717, 1.165) is 12.1 Å². The first-order valence-electron chi connectivity index (χ1n) is 7.12. The highest BCUT2D eigenvalue weighted by Crippen LogP contribution is 2.34. The smallest absolute Gasteiger partial charge is 0.573 e. The van der Waals surface area contributed by atoms with Crippen molar-refractivity contribution >= 4 is 32.8 Å². The van der Waals surface area contributed by atoms with Gasteiger partial charge < -0.3 is 14.4 Å². The molecule has 1 unspecified atom stereocenters. The number of halogens is 3. The molecule has 13 heteroatoms. The molecule has 0 saturated carbocycles. The van der Waals surface area contributed by atoms with E-state index in [2.05, 4.69) is 4.74 Å². The lowest BCUT2D eigenvalue weighted by atomic mass is 10.1. The first-order valence-corrected chi connectivity index (χ1v) is 9.97. The predicted octanol–water partition coefficient (Wildman–Crippen LogP) is 1.46. The summed E-state index contributed by atoms with van der Waals surface area (Å²) in [6.45, 7) is 0. The highest BCUT2D eigenvalue weighted by Gasteiger charge is 2.34. The van der Waals surface area contributed by atoms with E-state index in [-0.39, 0.29) is 24.3 Å². The SMILES string of the molecule is O=C(O)c1ccc(OC(F)(F)F)cc1N(C1CCS(=O)(=O)CC1)S(=O)[O-]. The summed E-state index contributed by atoms with van der Waals surface area (Å²) < 4.78 is 87.8. The van der Waals surface area contributed by atoms with Gasteiger partial charge in [0, 0.05) is 23.4 Å². The second-order valence-corrected chi connectivity index (χ2v) is 8.59. The molecule has 1 aliphatic rings. The van der Waals surface area contributed by atoms with Crippen LogP contribution in [0.15, 0.2) is 18.2 Å². The third-order valence-corrected chi connectivity index (χ3v) is 6.22. The number of carbonyl (C=O) groups is 1. The van der Waals surface area contributed by atoms with Crippen molar-refractivity contribution in [1.82, 2.24) is 0 Å². The Morgan fingerprint density at radius 2 is 1.88 bits per heavy atom. The largest absolute Gasteiger partial charge is 0.755 e. The van der Waals surface area contributed by atoms with Crippen molar-refractivity contribution in [3.63, 3.8) is 0 Å². The van der Waals surface area contributed by atoms with Crippen LogP contribution in [0.3, 0.4) is 0 Å². The highest BCUT2D eigenvalue weighted by atomic mass is 32.2. The second kappa shape index (κ2) is 7.40. The zero-order valence-electron chi connectivity index (χ0n) is 12.9. The minimum atomic E-state index is -5.05. The van der Waals surface area contributed by atoms with Gasteiger partial charge in [0.25, 0.3) is 0 Å². The Balaban J connectivity index is 2.47. The summed E-state index contributed by atoms with van der Waals surface area (Å²) in [6.07, 6.45) is -5.28. The Bertz CT molecular complexity index is 812. The van der Waals surface area contributed by atoms with Crippen molar-refractivity contribution in [3.8, 4) is 5.75 Å². The summed E-state index contributed by atoms with van der Waals surface area (Å²) in [6, 6.07) is 1.28. The predicted molar refractivity (Wildman–Crippen MR) is 83.2 cm³/mol. The molecule has 146 valence electrons. The molecule has 1 atom stereocenters. The number of anilines is 1. The summed E-state index contributed by atoms with van der Waals surface area (Å²) in [4.78, 5) is 11.3. The third-order valence-electron chi connectivity index (χ3n) is 3.69. The van der Waals surface area contributed by atoms with Crippen molar-refractivity contribution in [3.05, 3.63) is 23.8 Å². The maximum Gasteiger partial charge on any atom is 0.573 e. The Kier molecular flexibility index (Phi) is 5.82. The van der Waals surface area contributed by atoms with Crippen LogP contribution in [0.4, 0.5) is 18.9 Å². The van der Waals surface area contributed by atoms with E-state index in [1.807, 2.05) is 0 Å². The zero-order valence-corrected chi connectivity index (χ0v) is 14.6. The average molecular weight is 416 g/mol. The van der Waals surface area contributed by atoms with Crippen LogP contribution in [0.1, 0.15) is 23.2 Å². The van der Waals surface area contributed by atoms with Crippen molar-refractivity contribution in [2.24, 2.45) is 0 Å². The lowest BCUT2D eigenvalue weighted by molar-refractivity contribution is -0.274. The lowest BCUT2D eigenvalue weighted by Crippen LogP contribution is -2.43. The van der Waals surface area contributed by atoms with E-state index in [1.54, 1.807) is 0 Å². The van der Waals surface area contributed by atoms with Gasteiger partial charge in [0.2, 0.25) is 0 Å². The van der Waals surface area contributed by atoms with Crippen LogP contribution in [-0.4, -0.2) is 52.2 Å². The molecule has 0 aliphatic carbocycles. The van der Waals surface area contributed by atoms with Crippen LogP contribution in [0.2, 0.25) is 0 Å². The number of rotatable bonds is 5. The maximum atomic E-state index is 12.4. The Morgan fingerprint density at radius 3 is 2.35 bits per heavy atom. The molecule has 2 rings (SSSR count). The molecule has 0 amide bonds. The number of alkyl halides is 3. The number of aromatic carboxylic acids is 1. The normalized spacial score (nSPS) is 18.9. The summed E-state index contributed by atoms with van der Waals surface area (Å²) >= 11 is -3.05. The van der Waals surface area contributed by atoms with Gasteiger partial charge in [-0.2, -0.15) is 0 Å². The summed E-state index contributed by atoms with van der Waals surface area (Å²) in [5, 5.41) is 9.21. The van der Waals surface area contributed by atoms with Crippen LogP contribution in [-0.2, 0) is 21.1 Å². The van der Waals surface area contributed by atoms with Crippen LogP contribution in [0.25, 0.3) is 0 Å². The molecule has 1 aliphatic heterocycles. The number of hydrogen-bond acceptors (Lipinski definition) is 6. The fourth-order valence-corrected chi connectivity index (χ4v) is 4.81. The summed E-state index contributed by atoms with van der Waals surface area (Å²) in [5.74, 6) is -2.98. The quantitative estimate of drug-likeness (QED) is 0.721. The van der Waals surface area contributed by atoms with Crippen molar-refractivity contribution in [2.75, 3.05) is 15.8 Å². The van der Waals surface area contributed by atoms with Gasteiger partial charge in [-0.25, -0.2) is 13.2 Å². The third kappa shape index (κ3) is 5.08. The van der Waals surface area contributed by atoms with Gasteiger partial charge in [0.1, 0.15) is 15.6 Å². The molecule has 1 aromatic rings.